The number of methoxy groups -OCH3 is 1. The average Bonchev–Trinajstić information content (AvgIpc) is 2.18. The largest absolute Gasteiger partial charge is 0.379 e. The van der Waals surface area contributed by atoms with Crippen molar-refractivity contribution in [2.75, 3.05) is 26.8 Å². The van der Waals surface area contributed by atoms with Crippen molar-refractivity contribution in [3.05, 3.63) is 12.3 Å². The molecule has 0 atom stereocenters. The Morgan fingerprint density at radius 1 is 1.46 bits per heavy atom. The van der Waals surface area contributed by atoms with Gasteiger partial charge < -0.3 is 9.64 Å². The maximum Gasteiger partial charge on any atom is 0.0854 e. The zero-order valence-electron chi connectivity index (χ0n) is 8.88. The van der Waals surface area contributed by atoms with Crippen LogP contribution in [-0.2, 0) is 4.74 Å². The minimum absolute atomic E-state index is 0.677. The second-order valence-electron chi connectivity index (χ2n) is 3.84. The Morgan fingerprint density at radius 3 is 2.54 bits per heavy atom. The van der Waals surface area contributed by atoms with Gasteiger partial charge in [0.1, 0.15) is 0 Å². The van der Waals surface area contributed by atoms with Crippen molar-refractivity contribution in [1.29, 1.82) is 0 Å². The van der Waals surface area contributed by atoms with E-state index in [0.717, 1.165) is 11.6 Å². The summed E-state index contributed by atoms with van der Waals surface area (Å²) in [6.45, 7) is 9.31. The highest BCUT2D eigenvalue weighted by atomic mass is 16.5. The van der Waals surface area contributed by atoms with Gasteiger partial charge >= 0.3 is 0 Å². The van der Waals surface area contributed by atoms with Gasteiger partial charge in [-0.25, -0.2) is 0 Å². The van der Waals surface area contributed by atoms with Crippen molar-refractivity contribution in [2.45, 2.75) is 26.2 Å². The van der Waals surface area contributed by atoms with E-state index in [1.807, 2.05) is 0 Å². The molecule has 76 valence electrons. The van der Waals surface area contributed by atoms with Gasteiger partial charge in [0.25, 0.3) is 0 Å². The molecule has 0 aromatic heterocycles. The van der Waals surface area contributed by atoms with Crippen LogP contribution in [0.15, 0.2) is 12.3 Å². The first-order valence-electron chi connectivity index (χ1n) is 5.19. The molecule has 0 N–H and O–H groups in total. The van der Waals surface area contributed by atoms with Gasteiger partial charge in [-0.05, 0) is 18.8 Å². The number of hydrogen-bond donors (Lipinski definition) is 0. The predicted molar refractivity (Wildman–Crippen MR) is 55.6 cm³/mol. The Hall–Kier alpha value is -0.500. The van der Waals surface area contributed by atoms with Gasteiger partial charge in [0, 0.05) is 25.9 Å². The Kier molecular flexibility index (Phi) is 4.29. The lowest BCUT2D eigenvalue weighted by molar-refractivity contribution is 0.161. The number of nitrogens with zero attached hydrogens (tertiary/aromatic N) is 1. The van der Waals surface area contributed by atoms with Gasteiger partial charge in [0.15, 0.2) is 0 Å². The third-order valence-electron chi connectivity index (χ3n) is 2.95. The fourth-order valence-electron chi connectivity index (χ4n) is 1.92. The highest BCUT2D eigenvalue weighted by Gasteiger charge is 2.18. The Bertz CT molecular complexity index is 159. The highest BCUT2D eigenvalue weighted by molar-refractivity contribution is 4.95. The summed E-state index contributed by atoms with van der Waals surface area (Å²) in [4.78, 5) is 2.36. The Labute approximate surface area is 81.6 Å². The zero-order valence-corrected chi connectivity index (χ0v) is 8.88. The van der Waals surface area contributed by atoms with Gasteiger partial charge in [-0.3, -0.25) is 0 Å². The molecule has 1 saturated heterocycles. The second kappa shape index (κ2) is 5.28. The van der Waals surface area contributed by atoms with Gasteiger partial charge in [-0.2, -0.15) is 0 Å². The summed E-state index contributed by atoms with van der Waals surface area (Å²) in [5.41, 5.74) is 1.14. The molecule has 0 aliphatic carbocycles. The van der Waals surface area contributed by atoms with Crippen LogP contribution < -0.4 is 0 Å². The summed E-state index contributed by atoms with van der Waals surface area (Å²) in [5, 5.41) is 0. The normalized spacial score (nSPS) is 19.1. The van der Waals surface area contributed by atoms with E-state index in [2.05, 4.69) is 18.4 Å². The van der Waals surface area contributed by atoms with Crippen LogP contribution in [0.3, 0.4) is 0 Å². The van der Waals surface area contributed by atoms with Crippen LogP contribution >= 0.6 is 0 Å². The minimum atomic E-state index is 0.677. The van der Waals surface area contributed by atoms with E-state index >= 15 is 0 Å². The van der Waals surface area contributed by atoms with Crippen molar-refractivity contribution < 1.29 is 4.74 Å². The van der Waals surface area contributed by atoms with Crippen LogP contribution in [0.4, 0.5) is 0 Å². The molecule has 1 heterocycles. The summed E-state index contributed by atoms with van der Waals surface area (Å²) < 4.78 is 5.07. The van der Waals surface area contributed by atoms with Gasteiger partial charge in [0.2, 0.25) is 0 Å². The summed E-state index contributed by atoms with van der Waals surface area (Å²) in [7, 11) is 1.73. The molecule has 0 saturated carbocycles. The molecule has 1 aliphatic heterocycles. The smallest absolute Gasteiger partial charge is 0.0854 e. The number of hydrogen-bond acceptors (Lipinski definition) is 2. The highest BCUT2D eigenvalue weighted by Crippen LogP contribution is 2.21. The lowest BCUT2D eigenvalue weighted by Crippen LogP contribution is -2.33. The summed E-state index contributed by atoms with van der Waals surface area (Å²) in [6, 6.07) is 0. The number of piperidine rings is 1. The molecule has 2 nitrogen and oxygen atoms in total. The molecule has 2 heteroatoms. The van der Waals surface area contributed by atoms with Gasteiger partial charge in [0.05, 0.1) is 6.61 Å². The number of rotatable bonds is 4. The van der Waals surface area contributed by atoms with E-state index in [4.69, 9.17) is 4.74 Å². The Balaban J connectivity index is 2.28. The molecule has 0 spiro atoms. The maximum atomic E-state index is 5.07. The predicted octanol–water partition coefficient (Wildman–Crippen LogP) is 2.27. The van der Waals surface area contributed by atoms with Crippen LogP contribution in [0.1, 0.15) is 26.2 Å². The summed E-state index contributed by atoms with van der Waals surface area (Å²) in [5.74, 6) is 0.937. The van der Waals surface area contributed by atoms with Crippen LogP contribution in [0, 0.1) is 5.92 Å². The van der Waals surface area contributed by atoms with Crippen molar-refractivity contribution in [3.63, 3.8) is 0 Å². The van der Waals surface area contributed by atoms with E-state index in [1.165, 1.54) is 32.4 Å². The lowest BCUT2D eigenvalue weighted by Gasteiger charge is -2.34. The quantitative estimate of drug-likeness (QED) is 0.663. The van der Waals surface area contributed by atoms with Crippen LogP contribution in [0.5, 0.6) is 0 Å². The number of ether oxygens (including phenoxy) is 1. The summed E-state index contributed by atoms with van der Waals surface area (Å²) >= 11 is 0. The topological polar surface area (TPSA) is 12.5 Å². The van der Waals surface area contributed by atoms with Crippen molar-refractivity contribution in [3.8, 4) is 0 Å². The molecule has 0 aromatic carbocycles. The average molecular weight is 183 g/mol. The molecular weight excluding hydrogens is 162 g/mol. The first-order valence-corrected chi connectivity index (χ1v) is 5.19. The monoisotopic (exact) mass is 183 g/mol. The SMILES string of the molecule is C=C(COC)N1CCC(CC)CC1. The zero-order chi connectivity index (χ0) is 9.68. The molecule has 13 heavy (non-hydrogen) atoms. The fraction of sp³-hybridized carbons (Fsp3) is 0.818. The van der Waals surface area contributed by atoms with Crippen LogP contribution in [0.25, 0.3) is 0 Å². The molecule has 0 aromatic rings. The molecule has 0 radical (unpaired) electrons. The molecule has 0 amide bonds. The van der Waals surface area contributed by atoms with Gasteiger partial charge in [-0.15, -0.1) is 0 Å². The fourth-order valence-corrected chi connectivity index (χ4v) is 1.92. The minimum Gasteiger partial charge on any atom is -0.379 e. The third kappa shape index (κ3) is 3.03. The molecule has 1 aliphatic rings. The van der Waals surface area contributed by atoms with Crippen molar-refractivity contribution in [1.82, 2.24) is 4.90 Å². The first-order chi connectivity index (χ1) is 6.27. The standard InChI is InChI=1S/C11H21NO/c1-4-11-5-7-12(8-6-11)10(2)9-13-3/h11H,2,4-9H2,1,3H3. The van der Waals surface area contributed by atoms with E-state index in [9.17, 15) is 0 Å². The lowest BCUT2D eigenvalue weighted by atomic mass is 9.94. The summed E-state index contributed by atoms with van der Waals surface area (Å²) in [6.07, 6.45) is 3.96. The van der Waals surface area contributed by atoms with E-state index in [-0.39, 0.29) is 0 Å². The maximum absolute atomic E-state index is 5.07. The van der Waals surface area contributed by atoms with Crippen LogP contribution in [0.2, 0.25) is 0 Å². The van der Waals surface area contributed by atoms with Crippen LogP contribution in [-0.4, -0.2) is 31.7 Å². The molecule has 1 fully saturated rings. The molecule has 1 rings (SSSR count). The second-order valence-corrected chi connectivity index (χ2v) is 3.84. The first kappa shape index (κ1) is 10.6. The number of likely N-dealkylation sites (tertiary alicyclic amines) is 1. The van der Waals surface area contributed by atoms with E-state index in [1.54, 1.807) is 7.11 Å². The van der Waals surface area contributed by atoms with E-state index < -0.39 is 0 Å². The molecule has 0 unspecified atom stereocenters. The molecule has 0 bridgehead atoms. The van der Waals surface area contributed by atoms with E-state index in [0.29, 0.717) is 6.61 Å². The van der Waals surface area contributed by atoms with Crippen molar-refractivity contribution in [2.24, 2.45) is 5.92 Å². The molecular formula is C11H21NO. The third-order valence-corrected chi connectivity index (χ3v) is 2.95. The van der Waals surface area contributed by atoms with Crippen molar-refractivity contribution >= 4 is 0 Å². The van der Waals surface area contributed by atoms with Gasteiger partial charge in [-0.1, -0.05) is 19.9 Å². The Morgan fingerprint density at radius 2 is 2.08 bits per heavy atom.